The molecule has 3 unspecified atom stereocenters. The van der Waals surface area contributed by atoms with Crippen LogP contribution in [0.25, 0.3) is 0 Å². The van der Waals surface area contributed by atoms with Crippen LogP contribution in [0.1, 0.15) is 73.0 Å². The van der Waals surface area contributed by atoms with E-state index in [-0.39, 0.29) is 59.6 Å². The summed E-state index contributed by atoms with van der Waals surface area (Å²) in [6, 6.07) is 13.9. The van der Waals surface area contributed by atoms with Crippen LogP contribution in [0.4, 0.5) is 24.5 Å². The Morgan fingerprint density at radius 3 is 2.10 bits per heavy atom. The Morgan fingerprint density at radius 2 is 1.66 bits per heavy atom. The molecule has 3 aromatic carbocycles. The highest BCUT2D eigenvalue weighted by molar-refractivity contribution is 7.57. The number of furan rings is 1. The number of nitrogens with two attached hydrogens (primary N) is 1. The molecule has 70 heavy (non-hydrogen) atoms. The van der Waals surface area contributed by atoms with Gasteiger partial charge >= 0.3 is 18.1 Å². The van der Waals surface area contributed by atoms with Crippen molar-refractivity contribution in [1.29, 1.82) is 0 Å². The van der Waals surface area contributed by atoms with E-state index in [0.717, 1.165) is 60.0 Å². The lowest BCUT2D eigenvalue weighted by Gasteiger charge is -2.29. The van der Waals surface area contributed by atoms with Crippen LogP contribution < -0.4 is 15.4 Å². The number of aryl methyl sites for hydroxylation is 2. The smallest absolute Gasteiger partial charge is 0.416 e. The molecular weight excluding hydrogens is 1040 g/mol. The number of carboxylic acid groups (broad SMARTS) is 2. The molecule has 1 aliphatic rings. The van der Waals surface area contributed by atoms with E-state index in [4.69, 9.17) is 85.9 Å². The zero-order chi connectivity index (χ0) is 53.3. The Hall–Kier alpha value is -4.96. The molecule has 0 bridgehead atoms. The van der Waals surface area contributed by atoms with Crippen LogP contribution in [0.5, 0.6) is 11.5 Å². The maximum Gasteiger partial charge on any atom is 0.416 e. The Balaban J connectivity index is 0.000000331. The number of methoxy groups -OCH3 is 1. The molecule has 0 saturated carbocycles. The van der Waals surface area contributed by atoms with Crippen LogP contribution in [-0.4, -0.2) is 104 Å². The van der Waals surface area contributed by atoms with E-state index < -0.39 is 63.8 Å². The van der Waals surface area contributed by atoms with Crippen molar-refractivity contribution in [2.24, 2.45) is 5.73 Å². The number of hydrogen-bond acceptors (Lipinski definition) is 12. The zero-order valence-electron chi connectivity index (χ0n) is 38.5. The number of para-hydroxylation sites is 1. The molecule has 4 aromatic rings. The number of carboxylic acids is 2. The van der Waals surface area contributed by atoms with Gasteiger partial charge in [-0.2, -0.15) is 13.2 Å². The highest BCUT2D eigenvalue weighted by atomic mass is 35.5. The second kappa shape index (κ2) is 27.6. The van der Waals surface area contributed by atoms with Crippen LogP contribution >= 0.6 is 53.8 Å². The number of carbonyl (C=O) groups is 4. The van der Waals surface area contributed by atoms with Gasteiger partial charge in [-0.1, -0.05) is 66.8 Å². The van der Waals surface area contributed by atoms with Crippen molar-refractivity contribution in [3.8, 4) is 11.5 Å². The first-order chi connectivity index (χ1) is 32.5. The number of amides is 2. The highest BCUT2D eigenvalue weighted by Crippen LogP contribution is 2.39. The van der Waals surface area contributed by atoms with E-state index in [2.05, 4.69) is 13.8 Å². The van der Waals surface area contributed by atoms with Crippen molar-refractivity contribution >= 4 is 88.9 Å². The predicted molar refractivity (Wildman–Crippen MR) is 257 cm³/mol. The lowest BCUT2D eigenvalue weighted by molar-refractivity contribution is -0.385. The molecule has 0 aliphatic carbocycles. The van der Waals surface area contributed by atoms with Crippen LogP contribution in [0.3, 0.4) is 0 Å². The number of ether oxygens (including phenoxy) is 3. The first kappa shape index (κ1) is 61.2. The van der Waals surface area contributed by atoms with Gasteiger partial charge in [-0.15, -0.1) is 11.6 Å². The molecule has 18 nitrogen and oxygen atoms in total. The third-order valence-electron chi connectivity index (χ3n) is 9.71. The van der Waals surface area contributed by atoms with E-state index in [0.29, 0.717) is 18.4 Å². The molecule has 5 rings (SSSR count). The molecule has 386 valence electrons. The minimum Gasteiger partial charge on any atom is -0.480 e. The van der Waals surface area contributed by atoms with E-state index in [9.17, 15) is 47.0 Å². The Morgan fingerprint density at radius 1 is 1.04 bits per heavy atom. The predicted octanol–water partition coefficient (Wildman–Crippen LogP) is 10.2. The largest absolute Gasteiger partial charge is 0.480 e. The van der Waals surface area contributed by atoms with E-state index in [1.54, 1.807) is 38.2 Å². The molecule has 26 heteroatoms. The summed E-state index contributed by atoms with van der Waals surface area (Å²) in [6.45, 7) is 9.54. The first-order valence-electron chi connectivity index (χ1n) is 20.6. The monoisotopic (exact) mass is 1090 g/mol. The summed E-state index contributed by atoms with van der Waals surface area (Å²) in [6.07, 6.45) is -1.54. The fourth-order valence-corrected chi connectivity index (χ4v) is 7.61. The number of nitro benzene ring substituents is 1. The number of aliphatic carboxylic acids is 1. The van der Waals surface area contributed by atoms with Crippen molar-refractivity contribution < 1.29 is 75.6 Å². The first-order valence-corrected chi connectivity index (χ1v) is 24.7. The molecule has 2 heterocycles. The normalized spacial score (nSPS) is 15.1. The Kier molecular flexibility index (Phi) is 24.1. The number of nitro groups is 1. The summed E-state index contributed by atoms with van der Waals surface area (Å²) in [5.41, 5.74) is 5.35. The summed E-state index contributed by atoms with van der Waals surface area (Å²) in [7, 11) is -1.52. The quantitative estimate of drug-likeness (QED) is 0.0267. The number of halogens is 7. The minimum absolute atomic E-state index is 0.0371. The van der Waals surface area contributed by atoms with E-state index in [1.165, 1.54) is 11.6 Å². The molecule has 1 aromatic heterocycles. The van der Waals surface area contributed by atoms with Crippen molar-refractivity contribution in [2.75, 3.05) is 44.0 Å². The molecule has 0 radical (unpaired) electrons. The molecular formula is C44H52Cl4F3N4O14P. The lowest BCUT2D eigenvalue weighted by atomic mass is 10.0. The molecule has 1 saturated heterocycles. The van der Waals surface area contributed by atoms with Gasteiger partial charge in [0.25, 0.3) is 11.6 Å². The number of alkyl halides is 6. The highest BCUT2D eigenvalue weighted by Gasteiger charge is 2.45. The molecule has 1 fully saturated rings. The summed E-state index contributed by atoms with van der Waals surface area (Å²) >= 11 is 22.6. The van der Waals surface area contributed by atoms with Gasteiger partial charge < -0.3 is 44.4 Å². The van der Waals surface area contributed by atoms with Crippen molar-refractivity contribution in [3.05, 3.63) is 116 Å². The minimum atomic E-state index is -4.58. The summed E-state index contributed by atoms with van der Waals surface area (Å²) in [5.74, 6) is -2.81. The number of nitrogens with zero attached hydrogens (tertiary/aromatic N) is 3. The second-order valence-corrected chi connectivity index (χ2v) is 19.6. The van der Waals surface area contributed by atoms with Gasteiger partial charge in [0, 0.05) is 32.1 Å². The molecule has 5 N–H and O–H groups in total. The standard InChI is InChI=1S/C14H7ClF3NO5.C14H20ClNO2.C11H13Cl2NO3.C5H12NO4P/c15-10-5-7(14(16,17)18)1-4-12(10)24-8-2-3-11(19(22)23)9(6-8)13(20)21;1-4-11-7-6-8-12(5-2)14(11)16(10-18-3)13(17)9-15;1-11(2)14(10(15)9(12)13)6-8(17-11)7-4-3-5-16-7;1-11(9,10)3-2-4(6)5(7)8/h1-6H,(H,20,21);6-8H,4-5,9-10H2,1-3H3;3-5,8-9H,6H2,1-2H3;4H,2-3,6H2,1H3,(H,7,8)(H,9,10). The molecule has 1 aliphatic heterocycles. The van der Waals surface area contributed by atoms with Crippen molar-refractivity contribution in [3.63, 3.8) is 0 Å². The van der Waals surface area contributed by atoms with Gasteiger partial charge in [0.15, 0.2) is 12.2 Å². The van der Waals surface area contributed by atoms with Gasteiger partial charge in [-0.25, -0.2) is 4.79 Å². The van der Waals surface area contributed by atoms with Gasteiger partial charge in [0.1, 0.15) is 53.3 Å². The topological polar surface area (TPSA) is 263 Å². The van der Waals surface area contributed by atoms with Gasteiger partial charge in [-0.3, -0.25) is 34.0 Å². The van der Waals surface area contributed by atoms with Crippen LogP contribution in [0.15, 0.2) is 77.4 Å². The molecule has 0 spiro atoms. The lowest BCUT2D eigenvalue weighted by Crippen LogP contribution is -2.45. The molecule has 2 amide bonds. The summed E-state index contributed by atoms with van der Waals surface area (Å²) in [4.78, 5) is 65.6. The van der Waals surface area contributed by atoms with Crippen molar-refractivity contribution in [2.45, 2.75) is 75.8 Å². The fourth-order valence-electron chi connectivity index (χ4n) is 6.25. The fraction of sp³-hybridized carbons (Fsp3) is 0.409. The summed E-state index contributed by atoms with van der Waals surface area (Å²) < 4.78 is 69.7. The number of benzene rings is 3. The van der Waals surface area contributed by atoms with Gasteiger partial charge in [0.2, 0.25) is 5.91 Å². The van der Waals surface area contributed by atoms with Crippen LogP contribution in [-0.2, 0) is 47.4 Å². The number of hydrogen-bond donors (Lipinski definition) is 4. The van der Waals surface area contributed by atoms with Gasteiger partial charge in [0.05, 0.1) is 34.0 Å². The average Bonchev–Trinajstić information content (AvgIpc) is 3.95. The summed E-state index contributed by atoms with van der Waals surface area (Å²) in [5, 5.41) is 27.7. The number of carbonyl (C=O) groups excluding carboxylic acids is 2. The number of anilines is 1. The maximum atomic E-state index is 12.6. The Labute approximate surface area is 420 Å². The SMILES string of the molecule is CC1(C)OC(c2ccco2)CN1C(=O)C(Cl)Cl.CCc1cccc(CC)c1N(COC)C(=O)CCl.CP(=O)(O)CCC(N)C(=O)O.O=C(O)c1cc(Oc2ccc(C(F)(F)F)cc2Cl)ccc1[N+](=O)[O-]. The van der Waals surface area contributed by atoms with Crippen molar-refractivity contribution in [1.82, 2.24) is 4.90 Å². The van der Waals surface area contributed by atoms with Gasteiger partial charge in [-0.05, 0) is 80.6 Å². The average molecular weight is 1090 g/mol. The molecule has 3 atom stereocenters. The van der Waals surface area contributed by atoms with E-state index in [1.807, 2.05) is 24.3 Å². The maximum absolute atomic E-state index is 12.6. The Bertz CT molecular complexity index is 2440. The van der Waals surface area contributed by atoms with Crippen LogP contribution in [0, 0.1) is 10.1 Å². The number of aromatic carboxylic acids is 1. The van der Waals surface area contributed by atoms with E-state index >= 15 is 0 Å². The van der Waals surface area contributed by atoms with Crippen LogP contribution in [0.2, 0.25) is 5.02 Å². The zero-order valence-corrected chi connectivity index (χ0v) is 42.4. The third kappa shape index (κ3) is 18.7. The third-order valence-corrected chi connectivity index (χ3v) is 11.7. The second-order valence-electron chi connectivity index (χ2n) is 15.3. The number of rotatable bonds is 16.